The Hall–Kier alpha value is -0.590. The summed E-state index contributed by atoms with van der Waals surface area (Å²) in [6, 6.07) is 5.44. The summed E-state index contributed by atoms with van der Waals surface area (Å²) in [6.07, 6.45) is 1.98. The van der Waals surface area contributed by atoms with Crippen molar-refractivity contribution in [3.8, 4) is 0 Å². The molecule has 0 bridgehead atoms. The largest absolute Gasteiger partial charge is 0.389 e. The summed E-state index contributed by atoms with van der Waals surface area (Å²) in [7, 11) is 0. The van der Waals surface area contributed by atoms with Crippen molar-refractivity contribution in [1.82, 2.24) is 0 Å². The maximum atomic E-state index is 11.9. The zero-order valence-electron chi connectivity index (χ0n) is 10.2. The highest BCUT2D eigenvalue weighted by atomic mass is 79.9. The lowest BCUT2D eigenvalue weighted by atomic mass is 10.1. The van der Waals surface area contributed by atoms with Crippen molar-refractivity contribution in [2.24, 2.45) is 11.7 Å². The molecule has 0 fully saturated rings. The van der Waals surface area contributed by atoms with E-state index in [1.54, 1.807) is 23.9 Å². The highest BCUT2D eigenvalue weighted by molar-refractivity contribution is 9.10. The molecule has 18 heavy (non-hydrogen) atoms. The zero-order valence-corrected chi connectivity index (χ0v) is 13.4. The summed E-state index contributed by atoms with van der Waals surface area (Å²) in [4.78, 5) is 12.2. The fourth-order valence-corrected chi connectivity index (χ4v) is 2.59. The van der Waals surface area contributed by atoms with E-state index in [4.69, 9.17) is 18.0 Å². The van der Waals surface area contributed by atoms with Crippen LogP contribution in [0.25, 0.3) is 0 Å². The molecule has 0 aromatic heterocycles. The molecule has 98 valence electrons. The summed E-state index contributed by atoms with van der Waals surface area (Å²) >= 11 is 9.98. The third-order valence-corrected chi connectivity index (χ3v) is 3.92. The molecule has 1 unspecified atom stereocenters. The van der Waals surface area contributed by atoms with Gasteiger partial charge in [0.25, 0.3) is 0 Å². The van der Waals surface area contributed by atoms with E-state index < -0.39 is 0 Å². The molecule has 0 saturated heterocycles. The number of thioether (sulfide) groups is 1. The quantitative estimate of drug-likeness (QED) is 0.804. The maximum absolute atomic E-state index is 11.9. The number of thiocarbonyl (C=S) groups is 1. The second kappa shape index (κ2) is 7.11. The van der Waals surface area contributed by atoms with E-state index in [1.807, 2.05) is 19.2 Å². The number of nitrogens with two attached hydrogens (primary N) is 1. The van der Waals surface area contributed by atoms with Gasteiger partial charge >= 0.3 is 0 Å². The Balaban J connectivity index is 2.90. The van der Waals surface area contributed by atoms with Crippen LogP contribution in [0.15, 0.2) is 22.7 Å². The van der Waals surface area contributed by atoms with Gasteiger partial charge in [-0.3, -0.25) is 4.79 Å². The number of carbonyl (C=O) groups excluding carboxylic acids is 1. The van der Waals surface area contributed by atoms with E-state index in [2.05, 4.69) is 21.2 Å². The van der Waals surface area contributed by atoms with Crippen molar-refractivity contribution in [3.05, 3.63) is 28.2 Å². The van der Waals surface area contributed by atoms with Crippen molar-refractivity contribution in [3.63, 3.8) is 0 Å². The molecule has 0 saturated carbocycles. The van der Waals surface area contributed by atoms with Crippen molar-refractivity contribution < 1.29 is 4.79 Å². The summed E-state index contributed by atoms with van der Waals surface area (Å²) in [6.45, 7) is 1.89. The first-order valence-electron chi connectivity index (χ1n) is 5.35. The van der Waals surface area contributed by atoms with E-state index in [-0.39, 0.29) is 16.8 Å². The van der Waals surface area contributed by atoms with Crippen molar-refractivity contribution in [2.45, 2.75) is 6.92 Å². The van der Waals surface area contributed by atoms with Crippen LogP contribution in [0.2, 0.25) is 0 Å². The normalized spacial score (nSPS) is 11.9. The zero-order chi connectivity index (χ0) is 13.7. The van der Waals surface area contributed by atoms with Crippen LogP contribution in [0.1, 0.15) is 12.5 Å². The van der Waals surface area contributed by atoms with Crippen LogP contribution in [-0.2, 0) is 4.79 Å². The van der Waals surface area contributed by atoms with E-state index in [0.717, 1.165) is 10.2 Å². The molecule has 1 aromatic rings. The van der Waals surface area contributed by atoms with E-state index in [1.165, 1.54) is 0 Å². The summed E-state index contributed by atoms with van der Waals surface area (Å²) < 4.78 is 0.875. The standard InChI is InChI=1S/C12H15BrN2OS2/c1-7(6-18-2)12(16)15-10-4-3-8(13)5-9(10)11(14)17/h3-5,7H,6H2,1-2H3,(H2,14,17)(H,15,16). The van der Waals surface area contributed by atoms with Crippen molar-refractivity contribution >= 4 is 56.5 Å². The number of nitrogens with one attached hydrogen (secondary N) is 1. The number of anilines is 1. The first kappa shape index (κ1) is 15.5. The van der Waals surface area contributed by atoms with Gasteiger partial charge in [0.15, 0.2) is 0 Å². The third kappa shape index (κ3) is 4.26. The smallest absolute Gasteiger partial charge is 0.228 e. The Morgan fingerprint density at radius 1 is 1.61 bits per heavy atom. The molecule has 1 atom stereocenters. The molecule has 0 aliphatic heterocycles. The van der Waals surface area contributed by atoms with Crippen LogP contribution >= 0.6 is 39.9 Å². The van der Waals surface area contributed by atoms with Gasteiger partial charge in [-0.25, -0.2) is 0 Å². The van der Waals surface area contributed by atoms with Crippen LogP contribution in [0.3, 0.4) is 0 Å². The van der Waals surface area contributed by atoms with Gasteiger partial charge in [0.2, 0.25) is 5.91 Å². The second-order valence-corrected chi connectivity index (χ2v) is 6.17. The third-order valence-electron chi connectivity index (χ3n) is 2.37. The lowest BCUT2D eigenvalue weighted by Crippen LogP contribution is -2.24. The predicted molar refractivity (Wildman–Crippen MR) is 86.2 cm³/mol. The Labute approximate surface area is 125 Å². The van der Waals surface area contributed by atoms with Gasteiger partial charge in [-0.05, 0) is 24.5 Å². The lowest BCUT2D eigenvalue weighted by Gasteiger charge is -2.14. The van der Waals surface area contributed by atoms with Crippen molar-refractivity contribution in [2.75, 3.05) is 17.3 Å². The van der Waals surface area contributed by atoms with Gasteiger partial charge in [0, 0.05) is 21.7 Å². The Morgan fingerprint density at radius 3 is 2.83 bits per heavy atom. The molecule has 0 spiro atoms. The van der Waals surface area contributed by atoms with Gasteiger partial charge < -0.3 is 11.1 Å². The molecule has 0 heterocycles. The van der Waals surface area contributed by atoms with Crippen LogP contribution in [0, 0.1) is 5.92 Å². The summed E-state index contributed by atoms with van der Waals surface area (Å²) in [5.74, 6) is 0.706. The molecule has 1 amide bonds. The number of benzene rings is 1. The Kier molecular flexibility index (Phi) is 6.11. The molecule has 6 heteroatoms. The van der Waals surface area contributed by atoms with Crippen molar-refractivity contribution in [1.29, 1.82) is 0 Å². The van der Waals surface area contributed by atoms with Gasteiger partial charge in [-0.15, -0.1) is 0 Å². The van der Waals surface area contributed by atoms with Crippen LogP contribution in [0.4, 0.5) is 5.69 Å². The average molecular weight is 347 g/mol. The average Bonchev–Trinajstić information content (AvgIpc) is 2.31. The van der Waals surface area contributed by atoms with Crippen LogP contribution < -0.4 is 11.1 Å². The number of hydrogen-bond donors (Lipinski definition) is 2. The maximum Gasteiger partial charge on any atom is 0.228 e. The Morgan fingerprint density at radius 2 is 2.28 bits per heavy atom. The molecule has 3 nitrogen and oxygen atoms in total. The first-order chi connectivity index (χ1) is 8.45. The molecular formula is C12H15BrN2OS2. The minimum absolute atomic E-state index is 0.0239. The highest BCUT2D eigenvalue weighted by Crippen LogP contribution is 2.22. The fourth-order valence-electron chi connectivity index (χ4n) is 1.41. The van der Waals surface area contributed by atoms with Gasteiger partial charge in [0.05, 0.1) is 5.69 Å². The summed E-state index contributed by atoms with van der Waals surface area (Å²) in [5, 5.41) is 2.86. The number of amides is 1. The SMILES string of the molecule is CSCC(C)C(=O)Nc1ccc(Br)cc1C(N)=S. The molecule has 0 radical (unpaired) electrons. The molecule has 3 N–H and O–H groups in total. The fraction of sp³-hybridized carbons (Fsp3) is 0.333. The number of rotatable bonds is 5. The van der Waals surface area contributed by atoms with E-state index in [9.17, 15) is 4.79 Å². The van der Waals surface area contributed by atoms with E-state index in [0.29, 0.717) is 11.3 Å². The highest BCUT2D eigenvalue weighted by Gasteiger charge is 2.15. The number of carbonyl (C=O) groups is 1. The molecule has 0 aliphatic rings. The molecule has 0 aliphatic carbocycles. The minimum atomic E-state index is -0.0529. The lowest BCUT2D eigenvalue weighted by molar-refractivity contribution is -0.118. The molecule has 1 aromatic carbocycles. The first-order valence-corrected chi connectivity index (χ1v) is 7.94. The Bertz CT molecular complexity index is 465. The minimum Gasteiger partial charge on any atom is -0.389 e. The number of halogens is 1. The van der Waals surface area contributed by atoms with Crippen LogP contribution in [-0.4, -0.2) is 22.9 Å². The van der Waals surface area contributed by atoms with Gasteiger partial charge in [-0.2, -0.15) is 11.8 Å². The molecular weight excluding hydrogens is 332 g/mol. The van der Waals surface area contributed by atoms with E-state index >= 15 is 0 Å². The van der Waals surface area contributed by atoms with Crippen LogP contribution in [0.5, 0.6) is 0 Å². The number of hydrogen-bond acceptors (Lipinski definition) is 3. The second-order valence-electron chi connectivity index (χ2n) is 3.90. The monoisotopic (exact) mass is 346 g/mol. The predicted octanol–water partition coefficient (Wildman–Crippen LogP) is 3.02. The molecule has 1 rings (SSSR count). The van der Waals surface area contributed by atoms with Gasteiger partial charge in [-0.1, -0.05) is 35.1 Å². The van der Waals surface area contributed by atoms with Gasteiger partial charge in [0.1, 0.15) is 4.99 Å². The topological polar surface area (TPSA) is 55.1 Å². The summed E-state index contributed by atoms with van der Waals surface area (Å²) in [5.41, 5.74) is 6.98.